The van der Waals surface area contributed by atoms with Crippen molar-refractivity contribution in [3.63, 3.8) is 0 Å². The van der Waals surface area contributed by atoms with Gasteiger partial charge in [0.2, 0.25) is 5.91 Å². The van der Waals surface area contributed by atoms with Crippen LogP contribution in [-0.4, -0.2) is 25.1 Å². The molecule has 0 fully saturated rings. The largest absolute Gasteiger partial charge is 0.491 e. The monoisotopic (exact) mass is 333 g/mol. The number of esters is 1. The third-order valence-electron chi connectivity index (χ3n) is 4.00. The van der Waals surface area contributed by atoms with Gasteiger partial charge in [0.15, 0.2) is 0 Å². The van der Waals surface area contributed by atoms with Crippen LogP contribution in [0, 0.1) is 11.3 Å². The quantitative estimate of drug-likeness (QED) is 0.805. The van der Waals surface area contributed by atoms with E-state index >= 15 is 0 Å². The molecule has 1 aromatic rings. The third kappa shape index (κ3) is 5.87. The van der Waals surface area contributed by atoms with Crippen molar-refractivity contribution >= 4 is 17.6 Å². The maximum absolute atomic E-state index is 12.2. The number of hydrogen-bond donors (Lipinski definition) is 1. The van der Waals surface area contributed by atoms with Crippen LogP contribution in [0.2, 0.25) is 0 Å². The summed E-state index contributed by atoms with van der Waals surface area (Å²) in [7, 11) is 0. The summed E-state index contributed by atoms with van der Waals surface area (Å²) in [4.78, 5) is 24.0. The first kappa shape index (κ1) is 18.3. The first-order valence-electron chi connectivity index (χ1n) is 8.53. The van der Waals surface area contributed by atoms with Gasteiger partial charge in [0.25, 0.3) is 0 Å². The van der Waals surface area contributed by atoms with E-state index in [1.165, 1.54) is 0 Å². The average Bonchev–Trinajstić information content (AvgIpc) is 2.65. The number of carbonyl (C=O) groups excluding carboxylic acids is 2. The van der Waals surface area contributed by atoms with E-state index in [4.69, 9.17) is 9.47 Å². The summed E-state index contributed by atoms with van der Waals surface area (Å²) in [5, 5.41) is 2.88. The molecule has 1 amide bonds. The highest BCUT2D eigenvalue weighted by molar-refractivity contribution is 5.94. The van der Waals surface area contributed by atoms with Gasteiger partial charge in [0.05, 0.1) is 24.8 Å². The molecule has 0 spiro atoms. The fourth-order valence-corrected chi connectivity index (χ4v) is 2.45. The predicted molar refractivity (Wildman–Crippen MR) is 92.9 cm³/mol. The lowest BCUT2D eigenvalue weighted by Gasteiger charge is -2.17. The van der Waals surface area contributed by atoms with Crippen LogP contribution in [0.5, 0.6) is 5.75 Å². The molecule has 1 atom stereocenters. The molecule has 5 nitrogen and oxygen atoms in total. The first-order valence-corrected chi connectivity index (χ1v) is 8.53. The maximum atomic E-state index is 12.2. The Morgan fingerprint density at radius 1 is 1.33 bits per heavy atom. The zero-order valence-corrected chi connectivity index (χ0v) is 14.8. The Morgan fingerprint density at radius 2 is 2.08 bits per heavy atom. The molecule has 1 aliphatic heterocycles. The van der Waals surface area contributed by atoms with E-state index in [0.717, 1.165) is 6.42 Å². The summed E-state index contributed by atoms with van der Waals surface area (Å²) in [5.41, 5.74) is 0.858. The molecule has 1 aromatic carbocycles. The lowest BCUT2D eigenvalue weighted by atomic mass is 9.93. The van der Waals surface area contributed by atoms with Crippen molar-refractivity contribution in [2.75, 3.05) is 18.5 Å². The van der Waals surface area contributed by atoms with Gasteiger partial charge in [-0.1, -0.05) is 32.9 Å². The first-order chi connectivity index (χ1) is 11.3. The molecule has 0 aliphatic carbocycles. The zero-order valence-electron chi connectivity index (χ0n) is 14.8. The fraction of sp³-hybridized carbons (Fsp3) is 0.579. The highest BCUT2D eigenvalue weighted by atomic mass is 16.5. The van der Waals surface area contributed by atoms with E-state index < -0.39 is 0 Å². The molecule has 2 rings (SSSR count). The third-order valence-corrected chi connectivity index (χ3v) is 4.00. The van der Waals surface area contributed by atoms with E-state index in [2.05, 4.69) is 26.1 Å². The van der Waals surface area contributed by atoms with Gasteiger partial charge in [-0.3, -0.25) is 9.59 Å². The number of amides is 1. The Labute approximate surface area is 143 Å². The number of fused-ring (bicyclic) bond motifs is 1. The predicted octanol–water partition coefficient (Wildman–Crippen LogP) is 3.78. The molecule has 1 aliphatic rings. The minimum Gasteiger partial charge on any atom is -0.491 e. The summed E-state index contributed by atoms with van der Waals surface area (Å²) >= 11 is 0. The van der Waals surface area contributed by atoms with E-state index in [1.54, 1.807) is 0 Å². The van der Waals surface area contributed by atoms with Gasteiger partial charge in [-0.15, -0.1) is 0 Å². The van der Waals surface area contributed by atoms with Crippen molar-refractivity contribution in [1.29, 1.82) is 0 Å². The number of ether oxygens (including phenoxy) is 2. The van der Waals surface area contributed by atoms with Crippen molar-refractivity contribution in [3.05, 3.63) is 24.3 Å². The second-order valence-corrected chi connectivity index (χ2v) is 7.42. The molecule has 132 valence electrons. The highest BCUT2D eigenvalue weighted by Gasteiger charge is 2.24. The van der Waals surface area contributed by atoms with Gasteiger partial charge in [-0.25, -0.2) is 0 Å². The number of rotatable bonds is 6. The van der Waals surface area contributed by atoms with Crippen LogP contribution >= 0.6 is 0 Å². The topological polar surface area (TPSA) is 64.6 Å². The summed E-state index contributed by atoms with van der Waals surface area (Å²) in [6, 6.07) is 7.39. The van der Waals surface area contributed by atoms with E-state index in [9.17, 15) is 9.59 Å². The Morgan fingerprint density at radius 3 is 2.83 bits per heavy atom. The normalized spacial score (nSPS) is 17.3. The van der Waals surface area contributed by atoms with Gasteiger partial charge >= 0.3 is 5.97 Å². The molecule has 1 heterocycles. The zero-order chi connectivity index (χ0) is 17.6. The van der Waals surface area contributed by atoms with Gasteiger partial charge in [-0.05, 0) is 36.8 Å². The van der Waals surface area contributed by atoms with Gasteiger partial charge in [-0.2, -0.15) is 0 Å². The molecule has 24 heavy (non-hydrogen) atoms. The van der Waals surface area contributed by atoms with Crippen LogP contribution in [0.15, 0.2) is 24.3 Å². The Balaban J connectivity index is 1.71. The van der Waals surface area contributed by atoms with Gasteiger partial charge in [0.1, 0.15) is 5.75 Å². The Bertz CT molecular complexity index is 577. The number of anilines is 1. The van der Waals surface area contributed by atoms with Crippen molar-refractivity contribution < 1.29 is 19.1 Å². The second-order valence-electron chi connectivity index (χ2n) is 7.42. The molecule has 5 heteroatoms. The van der Waals surface area contributed by atoms with Crippen molar-refractivity contribution in [3.8, 4) is 5.75 Å². The molecule has 1 N–H and O–H groups in total. The second kappa shape index (κ2) is 8.18. The highest BCUT2D eigenvalue weighted by Crippen LogP contribution is 2.28. The van der Waals surface area contributed by atoms with Crippen LogP contribution in [0.3, 0.4) is 0 Å². The van der Waals surface area contributed by atoms with Gasteiger partial charge < -0.3 is 14.8 Å². The Hall–Kier alpha value is -2.04. The maximum Gasteiger partial charge on any atom is 0.305 e. The van der Waals surface area contributed by atoms with Crippen LogP contribution in [0.25, 0.3) is 0 Å². The SMILES string of the molecule is CC(C)(C)CCOC(=O)CCC[C@H]1COc2ccccc2NC1=O. The molecule has 0 aromatic heterocycles. The Kier molecular flexibility index (Phi) is 6.23. The lowest BCUT2D eigenvalue weighted by molar-refractivity contribution is -0.144. The fourth-order valence-electron chi connectivity index (χ4n) is 2.45. The summed E-state index contributed by atoms with van der Waals surface area (Å²) < 4.78 is 10.9. The van der Waals surface area contributed by atoms with Crippen LogP contribution in [-0.2, 0) is 14.3 Å². The summed E-state index contributed by atoms with van der Waals surface area (Å²) in [5.74, 6) is 0.188. The summed E-state index contributed by atoms with van der Waals surface area (Å²) in [6.45, 7) is 7.13. The molecule has 0 saturated heterocycles. The van der Waals surface area contributed by atoms with Crippen molar-refractivity contribution in [2.45, 2.75) is 46.5 Å². The van der Waals surface area contributed by atoms with Crippen LogP contribution < -0.4 is 10.1 Å². The molecular formula is C19H27NO4. The van der Waals surface area contributed by atoms with Crippen LogP contribution in [0.4, 0.5) is 5.69 Å². The average molecular weight is 333 g/mol. The number of carbonyl (C=O) groups is 2. The molecule has 0 radical (unpaired) electrons. The molecule has 0 unspecified atom stereocenters. The number of para-hydroxylation sites is 2. The van der Waals surface area contributed by atoms with E-state index in [1.807, 2.05) is 24.3 Å². The number of benzene rings is 1. The molecular weight excluding hydrogens is 306 g/mol. The van der Waals surface area contributed by atoms with Gasteiger partial charge in [0, 0.05) is 6.42 Å². The standard InChI is InChI=1S/C19H27NO4/c1-19(2,3)11-12-23-17(21)10-6-7-14-13-24-16-9-5-4-8-15(16)20-18(14)22/h4-5,8-9,14H,6-7,10-13H2,1-3H3,(H,20,22)/t14-/m0/s1. The van der Waals surface area contributed by atoms with Crippen molar-refractivity contribution in [1.82, 2.24) is 0 Å². The number of hydrogen-bond acceptors (Lipinski definition) is 4. The minimum absolute atomic E-state index is 0.0546. The smallest absolute Gasteiger partial charge is 0.305 e. The van der Waals surface area contributed by atoms with E-state index in [-0.39, 0.29) is 23.2 Å². The minimum atomic E-state index is -0.250. The van der Waals surface area contributed by atoms with Crippen molar-refractivity contribution in [2.24, 2.45) is 11.3 Å². The molecule has 0 bridgehead atoms. The lowest BCUT2D eigenvalue weighted by Crippen LogP contribution is -2.25. The molecule has 0 saturated carbocycles. The summed E-state index contributed by atoms with van der Waals surface area (Å²) in [6.07, 6.45) is 2.40. The van der Waals surface area contributed by atoms with Crippen LogP contribution in [0.1, 0.15) is 46.5 Å². The van der Waals surface area contributed by atoms with E-state index in [0.29, 0.717) is 43.9 Å². The number of nitrogens with one attached hydrogen (secondary N) is 1.